The number of benzene rings is 1. The molecule has 4 heteroatoms. The second kappa shape index (κ2) is 9.45. The maximum absolute atomic E-state index is 13.0. The van der Waals surface area contributed by atoms with Gasteiger partial charge in [-0.1, -0.05) is 38.0 Å². The largest absolute Gasteiger partial charge is 0.466 e. The molecule has 2 rings (SSSR count). The maximum Gasteiger partial charge on any atom is 0.306 e. The molecule has 1 fully saturated rings. The van der Waals surface area contributed by atoms with Crippen LogP contribution in [0.2, 0.25) is 0 Å². The lowest BCUT2D eigenvalue weighted by atomic mass is 9.97. The average molecular weight is 331 g/mol. The normalized spacial score (nSPS) is 19.9. The molecular weight excluding hydrogens is 302 g/mol. The van der Waals surface area contributed by atoms with Gasteiger partial charge in [-0.2, -0.15) is 0 Å². The molecule has 0 spiro atoms. The fourth-order valence-electron chi connectivity index (χ4n) is 3.59. The van der Waals surface area contributed by atoms with Gasteiger partial charge >= 0.3 is 5.97 Å². The molecule has 4 nitrogen and oxygen atoms in total. The minimum absolute atomic E-state index is 0.0878. The molecule has 0 bridgehead atoms. The average Bonchev–Trinajstić information content (AvgIpc) is 3.04. The Bertz CT molecular complexity index is 529. The van der Waals surface area contributed by atoms with Gasteiger partial charge in [0.1, 0.15) is 0 Å². The van der Waals surface area contributed by atoms with Gasteiger partial charge in [0.05, 0.1) is 13.0 Å². The zero-order valence-corrected chi connectivity index (χ0v) is 14.9. The summed E-state index contributed by atoms with van der Waals surface area (Å²) in [6.07, 6.45) is 5.50. The van der Waals surface area contributed by atoms with Gasteiger partial charge in [0.2, 0.25) is 0 Å². The topological polar surface area (TPSA) is 46.6 Å². The molecule has 0 N–H and O–H groups in total. The van der Waals surface area contributed by atoms with E-state index in [1.807, 2.05) is 42.2 Å². The highest BCUT2D eigenvalue weighted by atomic mass is 16.5. The van der Waals surface area contributed by atoms with Crippen molar-refractivity contribution in [2.45, 2.75) is 58.4 Å². The summed E-state index contributed by atoms with van der Waals surface area (Å²) in [6.45, 7) is 5.14. The Hall–Kier alpha value is -1.84. The van der Waals surface area contributed by atoms with E-state index >= 15 is 0 Å². The minimum Gasteiger partial charge on any atom is -0.466 e. The molecule has 0 aliphatic heterocycles. The van der Waals surface area contributed by atoms with Crippen LogP contribution in [-0.2, 0) is 9.53 Å². The van der Waals surface area contributed by atoms with Crippen molar-refractivity contribution in [3.8, 4) is 0 Å². The van der Waals surface area contributed by atoms with Crippen LogP contribution in [0.5, 0.6) is 0 Å². The van der Waals surface area contributed by atoms with E-state index in [4.69, 9.17) is 4.74 Å². The number of esters is 1. The molecule has 24 heavy (non-hydrogen) atoms. The number of unbranched alkanes of at least 4 members (excludes halogenated alkanes) is 1. The smallest absolute Gasteiger partial charge is 0.306 e. The first-order chi connectivity index (χ1) is 11.7. The molecule has 0 heterocycles. The molecule has 0 radical (unpaired) electrons. The van der Waals surface area contributed by atoms with Crippen LogP contribution in [0.3, 0.4) is 0 Å². The van der Waals surface area contributed by atoms with Crippen LogP contribution in [0.4, 0.5) is 0 Å². The van der Waals surface area contributed by atoms with Crippen LogP contribution in [0, 0.1) is 5.92 Å². The Morgan fingerprint density at radius 2 is 1.92 bits per heavy atom. The van der Waals surface area contributed by atoms with Gasteiger partial charge in [0, 0.05) is 18.2 Å². The third-order valence-corrected chi connectivity index (χ3v) is 4.79. The Labute approximate surface area is 145 Å². The van der Waals surface area contributed by atoms with Crippen molar-refractivity contribution in [3.05, 3.63) is 35.9 Å². The number of carbonyl (C=O) groups is 2. The summed E-state index contributed by atoms with van der Waals surface area (Å²) in [5.41, 5.74) is 0.732. The predicted octanol–water partition coefficient (Wildman–Crippen LogP) is 4.05. The van der Waals surface area contributed by atoms with E-state index in [9.17, 15) is 9.59 Å². The van der Waals surface area contributed by atoms with E-state index in [2.05, 4.69) is 6.92 Å². The number of rotatable bonds is 8. The second-order valence-electron chi connectivity index (χ2n) is 6.49. The number of nitrogens with zero attached hydrogens (tertiary/aromatic N) is 1. The van der Waals surface area contributed by atoms with E-state index < -0.39 is 0 Å². The summed E-state index contributed by atoms with van der Waals surface area (Å²) >= 11 is 0. The molecule has 2 atom stereocenters. The molecule has 1 amide bonds. The highest BCUT2D eigenvalue weighted by Crippen LogP contribution is 2.33. The first kappa shape index (κ1) is 18.5. The van der Waals surface area contributed by atoms with Crippen molar-refractivity contribution in [1.82, 2.24) is 4.90 Å². The number of carbonyl (C=O) groups excluding carboxylic acids is 2. The Morgan fingerprint density at radius 1 is 1.17 bits per heavy atom. The van der Waals surface area contributed by atoms with E-state index in [1.165, 1.54) is 0 Å². The van der Waals surface area contributed by atoms with Crippen LogP contribution < -0.4 is 0 Å². The third kappa shape index (κ3) is 4.83. The zero-order valence-electron chi connectivity index (χ0n) is 14.9. The van der Waals surface area contributed by atoms with Gasteiger partial charge in [-0.05, 0) is 44.2 Å². The molecule has 0 unspecified atom stereocenters. The number of ether oxygens (including phenoxy) is 1. The zero-order chi connectivity index (χ0) is 17.4. The fraction of sp³-hybridized carbons (Fsp3) is 0.600. The summed E-state index contributed by atoms with van der Waals surface area (Å²) in [4.78, 5) is 26.9. The SMILES string of the molecule is CCCCN(C(=O)c1ccccc1)[C@H]1CCC[C@@H]1CC(=O)OCC. The van der Waals surface area contributed by atoms with Crippen molar-refractivity contribution in [2.24, 2.45) is 5.92 Å². The maximum atomic E-state index is 13.0. The molecule has 0 aromatic heterocycles. The first-order valence-corrected chi connectivity index (χ1v) is 9.19. The second-order valence-corrected chi connectivity index (χ2v) is 6.49. The first-order valence-electron chi connectivity index (χ1n) is 9.19. The molecular formula is C20H29NO3. The van der Waals surface area contributed by atoms with E-state index in [0.29, 0.717) is 13.0 Å². The Morgan fingerprint density at radius 3 is 2.58 bits per heavy atom. The molecule has 1 aromatic carbocycles. The monoisotopic (exact) mass is 331 g/mol. The number of hydrogen-bond acceptors (Lipinski definition) is 3. The Balaban J connectivity index is 2.13. The summed E-state index contributed by atoms with van der Waals surface area (Å²) in [7, 11) is 0. The van der Waals surface area contributed by atoms with Gasteiger partial charge in [-0.25, -0.2) is 0 Å². The number of hydrogen-bond donors (Lipinski definition) is 0. The van der Waals surface area contributed by atoms with Crippen LogP contribution in [-0.4, -0.2) is 36.0 Å². The van der Waals surface area contributed by atoms with Crippen molar-refractivity contribution in [1.29, 1.82) is 0 Å². The summed E-state index contributed by atoms with van der Waals surface area (Å²) in [5, 5.41) is 0. The molecule has 0 saturated heterocycles. The van der Waals surface area contributed by atoms with Crippen molar-refractivity contribution in [2.75, 3.05) is 13.2 Å². The number of amides is 1. The predicted molar refractivity (Wildman–Crippen MR) is 94.8 cm³/mol. The van der Waals surface area contributed by atoms with Crippen LogP contribution in [0.25, 0.3) is 0 Å². The minimum atomic E-state index is -0.142. The summed E-state index contributed by atoms with van der Waals surface area (Å²) in [6, 6.07) is 9.61. The molecule has 1 saturated carbocycles. The third-order valence-electron chi connectivity index (χ3n) is 4.79. The lowest BCUT2D eigenvalue weighted by molar-refractivity contribution is -0.144. The summed E-state index contributed by atoms with van der Waals surface area (Å²) < 4.78 is 5.12. The summed E-state index contributed by atoms with van der Waals surface area (Å²) in [5.74, 6) is 0.162. The fourth-order valence-corrected chi connectivity index (χ4v) is 3.59. The highest BCUT2D eigenvalue weighted by molar-refractivity contribution is 5.94. The van der Waals surface area contributed by atoms with Gasteiger partial charge in [-0.15, -0.1) is 0 Å². The van der Waals surface area contributed by atoms with E-state index in [1.54, 1.807) is 0 Å². The van der Waals surface area contributed by atoms with Gasteiger partial charge < -0.3 is 9.64 Å². The highest BCUT2D eigenvalue weighted by Gasteiger charge is 2.36. The van der Waals surface area contributed by atoms with E-state index in [0.717, 1.165) is 44.2 Å². The standard InChI is InChI=1S/C20H29NO3/c1-3-5-14-21(20(23)16-10-7-6-8-11-16)18-13-9-12-17(18)15-19(22)24-4-2/h6-8,10-11,17-18H,3-5,9,12-15H2,1-2H3/t17-,18+/m1/s1. The van der Waals surface area contributed by atoms with Crippen molar-refractivity contribution >= 4 is 11.9 Å². The molecule has 1 aromatic rings. The van der Waals surface area contributed by atoms with Gasteiger partial charge in [0.25, 0.3) is 5.91 Å². The van der Waals surface area contributed by atoms with E-state index in [-0.39, 0.29) is 23.8 Å². The molecule has 1 aliphatic carbocycles. The quantitative estimate of drug-likeness (QED) is 0.675. The Kier molecular flexibility index (Phi) is 7.29. The van der Waals surface area contributed by atoms with Crippen LogP contribution in [0.1, 0.15) is 62.7 Å². The lowest BCUT2D eigenvalue weighted by Crippen LogP contribution is -2.43. The molecule has 132 valence electrons. The van der Waals surface area contributed by atoms with Crippen LogP contribution >= 0.6 is 0 Å². The lowest BCUT2D eigenvalue weighted by Gasteiger charge is -2.33. The van der Waals surface area contributed by atoms with Gasteiger partial charge in [-0.3, -0.25) is 9.59 Å². The van der Waals surface area contributed by atoms with Gasteiger partial charge in [0.15, 0.2) is 0 Å². The van der Waals surface area contributed by atoms with Crippen LogP contribution in [0.15, 0.2) is 30.3 Å². The van der Waals surface area contributed by atoms with Crippen molar-refractivity contribution < 1.29 is 14.3 Å². The molecule has 1 aliphatic rings. The van der Waals surface area contributed by atoms with Crippen molar-refractivity contribution in [3.63, 3.8) is 0 Å².